The first kappa shape index (κ1) is 15.0. The number of anilines is 1. The van der Waals surface area contributed by atoms with Crippen molar-refractivity contribution >= 4 is 11.6 Å². The van der Waals surface area contributed by atoms with Crippen molar-refractivity contribution in [1.82, 2.24) is 5.32 Å². The third kappa shape index (κ3) is 3.40. The molecular formula is C17H26N2O. The second kappa shape index (κ2) is 5.96. The Hall–Kier alpha value is -1.35. The van der Waals surface area contributed by atoms with Crippen molar-refractivity contribution in [2.75, 3.05) is 11.9 Å². The van der Waals surface area contributed by atoms with Crippen LogP contribution in [0, 0.1) is 5.41 Å². The van der Waals surface area contributed by atoms with Crippen molar-refractivity contribution in [2.45, 2.75) is 52.5 Å². The van der Waals surface area contributed by atoms with E-state index >= 15 is 0 Å². The number of hydrogen-bond acceptors (Lipinski definition) is 2. The van der Waals surface area contributed by atoms with Gasteiger partial charge in [0.2, 0.25) is 5.91 Å². The molecule has 0 saturated carbocycles. The van der Waals surface area contributed by atoms with Crippen LogP contribution in [0.1, 0.15) is 52.0 Å². The van der Waals surface area contributed by atoms with Gasteiger partial charge in [-0.1, -0.05) is 39.8 Å². The average Bonchev–Trinajstić information content (AvgIpc) is 2.38. The first-order valence-corrected chi connectivity index (χ1v) is 7.54. The summed E-state index contributed by atoms with van der Waals surface area (Å²) in [5, 5.41) is 6.42. The highest BCUT2D eigenvalue weighted by Crippen LogP contribution is 2.31. The lowest BCUT2D eigenvalue weighted by Crippen LogP contribution is -2.53. The van der Waals surface area contributed by atoms with Gasteiger partial charge in [-0.3, -0.25) is 4.79 Å². The Morgan fingerprint density at radius 3 is 2.80 bits per heavy atom. The van der Waals surface area contributed by atoms with E-state index in [2.05, 4.69) is 50.5 Å². The molecule has 2 rings (SSSR count). The zero-order valence-electron chi connectivity index (χ0n) is 13.0. The fourth-order valence-electron chi connectivity index (χ4n) is 2.85. The summed E-state index contributed by atoms with van der Waals surface area (Å²) in [6.45, 7) is 9.56. The second-order valence-electron chi connectivity index (χ2n) is 6.75. The zero-order chi connectivity index (χ0) is 14.8. The number of piperidine rings is 1. The number of nitrogens with one attached hydrogen (secondary N) is 2. The van der Waals surface area contributed by atoms with Gasteiger partial charge in [0.05, 0.1) is 6.04 Å². The topological polar surface area (TPSA) is 41.1 Å². The van der Waals surface area contributed by atoms with Gasteiger partial charge in [0.1, 0.15) is 0 Å². The minimum absolute atomic E-state index is 0.0119. The van der Waals surface area contributed by atoms with Crippen LogP contribution in [0.4, 0.5) is 5.69 Å². The zero-order valence-corrected chi connectivity index (χ0v) is 13.0. The van der Waals surface area contributed by atoms with Crippen molar-refractivity contribution in [1.29, 1.82) is 0 Å². The van der Waals surface area contributed by atoms with Crippen LogP contribution in [0.25, 0.3) is 0 Å². The summed E-state index contributed by atoms with van der Waals surface area (Å²) in [7, 11) is 0. The first-order valence-electron chi connectivity index (χ1n) is 7.54. The van der Waals surface area contributed by atoms with Gasteiger partial charge in [0, 0.05) is 5.69 Å². The SMILES string of the molecule is CC(C)c1cccc(NC(=O)C2NCCCC2(C)C)c1. The number of hydrogen-bond donors (Lipinski definition) is 2. The quantitative estimate of drug-likeness (QED) is 0.885. The number of rotatable bonds is 3. The van der Waals surface area contributed by atoms with Crippen molar-refractivity contribution in [3.8, 4) is 0 Å². The lowest BCUT2D eigenvalue weighted by atomic mass is 9.77. The molecule has 1 fully saturated rings. The lowest BCUT2D eigenvalue weighted by molar-refractivity contribution is -0.121. The Morgan fingerprint density at radius 2 is 2.15 bits per heavy atom. The van der Waals surface area contributed by atoms with Gasteiger partial charge in [-0.2, -0.15) is 0 Å². The fourth-order valence-corrected chi connectivity index (χ4v) is 2.85. The van der Waals surface area contributed by atoms with E-state index in [-0.39, 0.29) is 17.4 Å². The molecule has 0 bridgehead atoms. The summed E-state index contributed by atoms with van der Waals surface area (Å²) in [4.78, 5) is 12.5. The minimum Gasteiger partial charge on any atom is -0.325 e. The smallest absolute Gasteiger partial charge is 0.242 e. The molecule has 1 aliphatic rings. The molecule has 0 aromatic heterocycles. The number of carbonyl (C=O) groups excluding carboxylic acids is 1. The molecule has 1 aromatic carbocycles. The maximum atomic E-state index is 12.5. The Balaban J connectivity index is 2.09. The number of carbonyl (C=O) groups is 1. The molecule has 1 atom stereocenters. The van der Waals surface area contributed by atoms with Crippen LogP contribution in [0.5, 0.6) is 0 Å². The lowest BCUT2D eigenvalue weighted by Gasteiger charge is -2.38. The Kier molecular flexibility index (Phi) is 4.48. The van der Waals surface area contributed by atoms with Gasteiger partial charge in [-0.25, -0.2) is 0 Å². The molecule has 1 unspecified atom stereocenters. The summed E-state index contributed by atoms with van der Waals surface area (Å²) in [6, 6.07) is 8.02. The van der Waals surface area contributed by atoms with Gasteiger partial charge in [-0.05, 0) is 48.4 Å². The molecule has 1 aromatic rings. The van der Waals surface area contributed by atoms with Crippen LogP contribution in [0.2, 0.25) is 0 Å². The van der Waals surface area contributed by atoms with Gasteiger partial charge in [0.25, 0.3) is 0 Å². The first-order chi connectivity index (χ1) is 9.40. The summed E-state index contributed by atoms with van der Waals surface area (Å²) in [5.41, 5.74) is 2.15. The molecule has 1 heterocycles. The van der Waals surface area contributed by atoms with Crippen LogP contribution >= 0.6 is 0 Å². The highest BCUT2D eigenvalue weighted by atomic mass is 16.2. The van der Waals surface area contributed by atoms with E-state index in [4.69, 9.17) is 0 Å². The standard InChI is InChI=1S/C17H26N2O/c1-12(2)13-7-5-8-14(11-13)19-16(20)15-17(3,4)9-6-10-18-15/h5,7-8,11-12,15,18H,6,9-10H2,1-4H3,(H,19,20). The molecule has 0 spiro atoms. The van der Waals surface area contributed by atoms with E-state index in [0.29, 0.717) is 5.92 Å². The second-order valence-corrected chi connectivity index (χ2v) is 6.75. The summed E-state index contributed by atoms with van der Waals surface area (Å²) in [5.74, 6) is 0.548. The van der Waals surface area contributed by atoms with Crippen LogP contribution in [0.15, 0.2) is 24.3 Å². The van der Waals surface area contributed by atoms with Crippen LogP contribution in [-0.2, 0) is 4.79 Å². The predicted molar refractivity (Wildman–Crippen MR) is 84.0 cm³/mol. The van der Waals surface area contributed by atoms with Crippen LogP contribution in [0.3, 0.4) is 0 Å². The van der Waals surface area contributed by atoms with E-state index in [0.717, 1.165) is 25.1 Å². The maximum Gasteiger partial charge on any atom is 0.242 e. The molecule has 110 valence electrons. The highest BCUT2D eigenvalue weighted by molar-refractivity contribution is 5.95. The van der Waals surface area contributed by atoms with E-state index < -0.39 is 0 Å². The Morgan fingerprint density at radius 1 is 1.40 bits per heavy atom. The Bertz CT molecular complexity index is 480. The van der Waals surface area contributed by atoms with Gasteiger partial charge in [-0.15, -0.1) is 0 Å². The van der Waals surface area contributed by atoms with Crippen molar-refractivity contribution in [2.24, 2.45) is 5.41 Å². The van der Waals surface area contributed by atoms with Crippen molar-refractivity contribution in [3.05, 3.63) is 29.8 Å². The summed E-state index contributed by atoms with van der Waals surface area (Å²) < 4.78 is 0. The Labute approximate surface area is 122 Å². The molecule has 1 amide bonds. The van der Waals surface area contributed by atoms with Gasteiger partial charge in [0.15, 0.2) is 0 Å². The van der Waals surface area contributed by atoms with Gasteiger partial charge >= 0.3 is 0 Å². The highest BCUT2D eigenvalue weighted by Gasteiger charge is 2.37. The third-order valence-corrected chi connectivity index (χ3v) is 4.21. The van der Waals surface area contributed by atoms with E-state index in [9.17, 15) is 4.79 Å². The molecule has 2 N–H and O–H groups in total. The summed E-state index contributed by atoms with van der Waals surface area (Å²) in [6.07, 6.45) is 2.23. The third-order valence-electron chi connectivity index (χ3n) is 4.21. The van der Waals surface area contributed by atoms with Crippen molar-refractivity contribution in [3.63, 3.8) is 0 Å². The van der Waals surface area contributed by atoms with Crippen LogP contribution in [-0.4, -0.2) is 18.5 Å². The molecule has 0 aliphatic carbocycles. The molecule has 3 heteroatoms. The number of amides is 1. The molecule has 3 nitrogen and oxygen atoms in total. The molecule has 1 aliphatic heterocycles. The normalized spacial score (nSPS) is 21.8. The largest absolute Gasteiger partial charge is 0.325 e. The monoisotopic (exact) mass is 274 g/mol. The number of benzene rings is 1. The van der Waals surface area contributed by atoms with Crippen LogP contribution < -0.4 is 10.6 Å². The van der Waals surface area contributed by atoms with E-state index in [1.54, 1.807) is 0 Å². The average molecular weight is 274 g/mol. The maximum absolute atomic E-state index is 12.5. The van der Waals surface area contributed by atoms with E-state index in [1.807, 2.05) is 12.1 Å². The van der Waals surface area contributed by atoms with Crippen molar-refractivity contribution < 1.29 is 4.79 Å². The molecule has 0 radical (unpaired) electrons. The molecular weight excluding hydrogens is 248 g/mol. The fraction of sp³-hybridized carbons (Fsp3) is 0.588. The molecule has 20 heavy (non-hydrogen) atoms. The minimum atomic E-state index is -0.112. The van der Waals surface area contributed by atoms with Gasteiger partial charge < -0.3 is 10.6 Å². The van der Waals surface area contributed by atoms with E-state index in [1.165, 1.54) is 5.56 Å². The summed E-state index contributed by atoms with van der Waals surface area (Å²) >= 11 is 0. The molecule has 1 saturated heterocycles. The predicted octanol–water partition coefficient (Wildman–Crippen LogP) is 3.53.